The number of nitrogens with zero attached hydrogens (tertiary/aromatic N) is 5. The van der Waals surface area contributed by atoms with Crippen molar-refractivity contribution in [3.05, 3.63) is 52.2 Å². The minimum Gasteiger partial charge on any atom is -0.368 e. The molecule has 8 heteroatoms. The number of thioether (sulfide) groups is 1. The van der Waals surface area contributed by atoms with Gasteiger partial charge in [0.2, 0.25) is 0 Å². The van der Waals surface area contributed by atoms with Crippen LogP contribution in [0.4, 0.5) is 5.69 Å². The highest BCUT2D eigenvalue weighted by Crippen LogP contribution is 2.35. The number of hydrogen-bond donors (Lipinski definition) is 1. The molecule has 3 aliphatic rings. The number of allylic oxidation sites excluding steroid dienone is 1. The maximum atomic E-state index is 5.51. The average molecular weight is 425 g/mol. The standard InChI is InChI=1S/C21H24N6S2/c28-21-27(14-20-22-24-25-23-20)13-19(29-21)11-15-5-7-18(8-6-15)26-10-9-16-3-1-2-4-17(16)12-26/h4-8,11,16H,1-3,9-10,12-14H2,(H,22,23,24,25)/t16-/m0/s1. The minimum absolute atomic E-state index is 0.588. The first-order valence-electron chi connectivity index (χ1n) is 10.2. The van der Waals surface area contributed by atoms with Gasteiger partial charge in [0.15, 0.2) is 5.82 Å². The molecule has 1 N–H and O–H groups in total. The summed E-state index contributed by atoms with van der Waals surface area (Å²) in [5.74, 6) is 1.50. The average Bonchev–Trinajstić information content (AvgIpc) is 3.38. The van der Waals surface area contributed by atoms with E-state index in [1.807, 2.05) is 0 Å². The fourth-order valence-electron chi connectivity index (χ4n) is 4.40. The Morgan fingerprint density at radius 3 is 2.93 bits per heavy atom. The highest BCUT2D eigenvalue weighted by atomic mass is 32.2. The van der Waals surface area contributed by atoms with Crippen LogP contribution in [0, 0.1) is 5.92 Å². The molecule has 0 amide bonds. The number of thiocarbonyl (C=S) groups is 1. The first-order chi connectivity index (χ1) is 14.2. The Balaban J connectivity index is 1.24. The third kappa shape index (κ3) is 4.23. The summed E-state index contributed by atoms with van der Waals surface area (Å²) in [7, 11) is 0. The first-order valence-corrected chi connectivity index (χ1v) is 11.4. The fraction of sp³-hybridized carbons (Fsp3) is 0.429. The lowest BCUT2D eigenvalue weighted by Gasteiger charge is -2.37. The molecule has 2 aromatic rings. The summed E-state index contributed by atoms with van der Waals surface area (Å²) in [5.41, 5.74) is 4.20. The quantitative estimate of drug-likeness (QED) is 0.588. The lowest BCUT2D eigenvalue weighted by atomic mass is 9.82. The van der Waals surface area contributed by atoms with Crippen LogP contribution in [-0.2, 0) is 6.54 Å². The van der Waals surface area contributed by atoms with Gasteiger partial charge in [-0.15, -0.1) is 10.2 Å². The maximum absolute atomic E-state index is 5.51. The molecule has 5 rings (SSSR count). The smallest absolute Gasteiger partial charge is 0.193 e. The molecule has 6 nitrogen and oxygen atoms in total. The number of piperidine rings is 1. The van der Waals surface area contributed by atoms with E-state index in [1.54, 1.807) is 17.3 Å². The predicted octanol–water partition coefficient (Wildman–Crippen LogP) is 4.01. The van der Waals surface area contributed by atoms with Gasteiger partial charge in [0.25, 0.3) is 0 Å². The number of nitrogens with one attached hydrogen (secondary N) is 1. The lowest BCUT2D eigenvalue weighted by molar-refractivity contribution is 0.438. The number of hydrogen-bond acceptors (Lipinski definition) is 6. The number of aromatic nitrogens is 4. The van der Waals surface area contributed by atoms with E-state index in [9.17, 15) is 0 Å². The summed E-state index contributed by atoms with van der Waals surface area (Å²) >= 11 is 7.16. The first kappa shape index (κ1) is 18.8. The van der Waals surface area contributed by atoms with E-state index < -0.39 is 0 Å². The molecule has 2 saturated heterocycles. The third-order valence-corrected chi connectivity index (χ3v) is 7.39. The molecular formula is C21H24N6S2. The van der Waals surface area contributed by atoms with Crippen molar-refractivity contribution in [2.75, 3.05) is 24.5 Å². The van der Waals surface area contributed by atoms with Crippen molar-refractivity contribution < 1.29 is 0 Å². The van der Waals surface area contributed by atoms with Crippen LogP contribution < -0.4 is 4.90 Å². The molecule has 2 aliphatic heterocycles. The number of benzene rings is 1. The van der Waals surface area contributed by atoms with E-state index >= 15 is 0 Å². The van der Waals surface area contributed by atoms with E-state index in [2.05, 4.69) is 66.8 Å². The summed E-state index contributed by atoms with van der Waals surface area (Å²) in [6.07, 6.45) is 10.0. The number of tetrazole rings is 1. The zero-order valence-electron chi connectivity index (χ0n) is 16.3. The van der Waals surface area contributed by atoms with Crippen molar-refractivity contribution in [2.45, 2.75) is 32.2 Å². The van der Waals surface area contributed by atoms with Gasteiger partial charge in [-0.25, -0.2) is 0 Å². The van der Waals surface area contributed by atoms with Gasteiger partial charge in [-0.2, -0.15) is 5.21 Å². The second kappa shape index (κ2) is 8.28. The molecular weight excluding hydrogens is 400 g/mol. The van der Waals surface area contributed by atoms with Crippen molar-refractivity contribution in [3.63, 3.8) is 0 Å². The summed E-state index contributed by atoms with van der Waals surface area (Å²) in [6.45, 7) is 3.64. The van der Waals surface area contributed by atoms with Crippen molar-refractivity contribution in [2.24, 2.45) is 5.92 Å². The molecule has 3 heterocycles. The summed E-state index contributed by atoms with van der Waals surface area (Å²) < 4.78 is 0.862. The molecule has 1 atom stereocenters. The SMILES string of the molecule is S=C1SC(=Cc2ccc(N3CC[C@@H]4CCCC=C4C3)cc2)CN1Cc1nn[nH]n1. The van der Waals surface area contributed by atoms with Gasteiger partial charge < -0.3 is 9.80 Å². The van der Waals surface area contributed by atoms with E-state index in [0.29, 0.717) is 12.4 Å². The van der Waals surface area contributed by atoms with Crippen LogP contribution in [-0.4, -0.2) is 49.5 Å². The highest BCUT2D eigenvalue weighted by molar-refractivity contribution is 8.25. The lowest BCUT2D eigenvalue weighted by Crippen LogP contribution is -2.36. The Kier molecular flexibility index (Phi) is 5.37. The van der Waals surface area contributed by atoms with Gasteiger partial charge >= 0.3 is 0 Å². The van der Waals surface area contributed by atoms with Crippen LogP contribution >= 0.6 is 24.0 Å². The van der Waals surface area contributed by atoms with Gasteiger partial charge in [-0.1, -0.05) is 53.0 Å². The highest BCUT2D eigenvalue weighted by Gasteiger charge is 2.26. The van der Waals surface area contributed by atoms with Crippen LogP contribution in [0.5, 0.6) is 0 Å². The number of aromatic amines is 1. The number of fused-ring (bicyclic) bond motifs is 1. The second-order valence-corrected chi connectivity index (χ2v) is 9.63. The zero-order chi connectivity index (χ0) is 19.6. The summed E-state index contributed by atoms with van der Waals surface area (Å²) in [6, 6.07) is 8.94. The second-order valence-electron chi connectivity index (χ2n) is 7.87. The van der Waals surface area contributed by atoms with Crippen molar-refractivity contribution in [1.29, 1.82) is 0 Å². The molecule has 0 unspecified atom stereocenters. The van der Waals surface area contributed by atoms with Gasteiger partial charge in [-0.05, 0) is 55.4 Å². The van der Waals surface area contributed by atoms with E-state index in [0.717, 1.165) is 29.9 Å². The number of rotatable bonds is 4. The summed E-state index contributed by atoms with van der Waals surface area (Å²) in [4.78, 5) is 5.88. The van der Waals surface area contributed by atoms with Crippen molar-refractivity contribution >= 4 is 40.1 Å². The molecule has 1 aromatic heterocycles. The fourth-order valence-corrected chi connectivity index (χ4v) is 5.75. The molecule has 0 spiro atoms. The predicted molar refractivity (Wildman–Crippen MR) is 121 cm³/mol. The molecule has 0 radical (unpaired) electrons. The molecule has 150 valence electrons. The van der Waals surface area contributed by atoms with Gasteiger partial charge in [0, 0.05) is 23.7 Å². The molecule has 1 aromatic carbocycles. The Morgan fingerprint density at radius 1 is 1.21 bits per heavy atom. The van der Waals surface area contributed by atoms with Crippen LogP contribution in [0.1, 0.15) is 37.1 Å². The molecule has 2 fully saturated rings. The monoisotopic (exact) mass is 424 g/mol. The Morgan fingerprint density at radius 2 is 2.10 bits per heavy atom. The zero-order valence-corrected chi connectivity index (χ0v) is 17.9. The van der Waals surface area contributed by atoms with Crippen LogP contribution in [0.25, 0.3) is 6.08 Å². The van der Waals surface area contributed by atoms with E-state index in [-0.39, 0.29) is 0 Å². The van der Waals surface area contributed by atoms with Gasteiger partial charge in [-0.3, -0.25) is 0 Å². The van der Waals surface area contributed by atoms with Gasteiger partial charge in [0.05, 0.1) is 13.1 Å². The molecule has 0 bridgehead atoms. The molecule has 1 aliphatic carbocycles. The number of anilines is 1. The van der Waals surface area contributed by atoms with Gasteiger partial charge in [0.1, 0.15) is 4.32 Å². The Labute approximate surface area is 180 Å². The molecule has 29 heavy (non-hydrogen) atoms. The third-order valence-electron chi connectivity index (χ3n) is 5.94. The summed E-state index contributed by atoms with van der Waals surface area (Å²) in [5, 5.41) is 14.1. The van der Waals surface area contributed by atoms with E-state index in [1.165, 1.54) is 41.8 Å². The van der Waals surface area contributed by atoms with Crippen LogP contribution in [0.3, 0.4) is 0 Å². The topological polar surface area (TPSA) is 60.9 Å². The maximum Gasteiger partial charge on any atom is 0.193 e. The normalized spacial score (nSPS) is 23.4. The molecule has 0 saturated carbocycles. The van der Waals surface area contributed by atoms with E-state index in [4.69, 9.17) is 12.2 Å². The van der Waals surface area contributed by atoms with Crippen molar-refractivity contribution in [3.8, 4) is 0 Å². The van der Waals surface area contributed by atoms with Crippen LogP contribution in [0.15, 0.2) is 40.8 Å². The Hall–Kier alpha value is -2.19. The van der Waals surface area contributed by atoms with Crippen LogP contribution in [0.2, 0.25) is 0 Å². The number of H-pyrrole nitrogens is 1. The Bertz CT molecular complexity index is 935. The minimum atomic E-state index is 0.588. The van der Waals surface area contributed by atoms with Crippen molar-refractivity contribution in [1.82, 2.24) is 25.5 Å². The largest absolute Gasteiger partial charge is 0.368 e.